The Labute approximate surface area is 256 Å². The molecule has 3 N–H and O–H groups in total. The van der Waals surface area contributed by atoms with Gasteiger partial charge in [0.1, 0.15) is 5.75 Å². The minimum absolute atomic E-state index is 0.0777. The van der Waals surface area contributed by atoms with Crippen molar-refractivity contribution in [2.75, 3.05) is 55.4 Å². The van der Waals surface area contributed by atoms with Crippen molar-refractivity contribution < 1.29 is 33.3 Å². The Balaban J connectivity index is 1.62. The Morgan fingerprint density at radius 2 is 1.53 bits per heavy atom. The van der Waals surface area contributed by atoms with Gasteiger partial charge in [0.25, 0.3) is 0 Å². The molecule has 3 aromatic carbocycles. The first-order valence-electron chi connectivity index (χ1n) is 13.9. The molecular formula is C32H39N3O7S. The molecular weight excluding hydrogens is 570 g/mol. The summed E-state index contributed by atoms with van der Waals surface area (Å²) in [6.07, 6.45) is 3.73. The predicted molar refractivity (Wildman–Crippen MR) is 171 cm³/mol. The molecule has 0 radical (unpaired) electrons. The lowest BCUT2D eigenvalue weighted by Gasteiger charge is -2.15. The maximum atomic E-state index is 12.9. The van der Waals surface area contributed by atoms with Gasteiger partial charge in [-0.1, -0.05) is 24.3 Å². The first-order valence-corrected chi connectivity index (χ1v) is 15.3. The number of carbonyl (C=O) groups excluding carboxylic acids is 3. The first kappa shape index (κ1) is 33.1. The van der Waals surface area contributed by atoms with Crippen molar-refractivity contribution in [3.8, 4) is 17.2 Å². The monoisotopic (exact) mass is 609 g/mol. The summed E-state index contributed by atoms with van der Waals surface area (Å²) in [5, 5.41) is 8.51. The third kappa shape index (κ3) is 11.1. The number of ether oxygens (including phenoxy) is 4. The molecule has 43 heavy (non-hydrogen) atoms. The highest BCUT2D eigenvalue weighted by atomic mass is 32.2. The van der Waals surface area contributed by atoms with Gasteiger partial charge in [-0.3, -0.25) is 9.59 Å². The standard InChI is InChI=1S/C32H39N3O7S/c1-22-9-5-6-10-25(22)34-32(38)35-26-14-12-23(19-28(26)39-2)20-30(36)33-24-13-15-27(41-17-8-18-43-4)29(21-24)42-16-7-11-31(37)40-3/h5-6,9-10,12-15,19,21H,7-8,11,16-18,20H2,1-4H3,(H,33,36)(H2,34,35,38). The fourth-order valence-electron chi connectivity index (χ4n) is 4.03. The van der Waals surface area contributed by atoms with Crippen molar-refractivity contribution in [3.63, 3.8) is 0 Å². The van der Waals surface area contributed by atoms with Crippen LogP contribution in [0.15, 0.2) is 60.7 Å². The van der Waals surface area contributed by atoms with E-state index in [1.54, 1.807) is 48.2 Å². The van der Waals surface area contributed by atoms with Crippen LogP contribution in [0.1, 0.15) is 30.4 Å². The Hall–Kier alpha value is -4.38. The molecule has 0 saturated carbocycles. The van der Waals surface area contributed by atoms with E-state index in [0.29, 0.717) is 52.9 Å². The number of anilines is 3. The summed E-state index contributed by atoms with van der Waals surface area (Å²) < 4.78 is 22.0. The number of urea groups is 1. The third-order valence-electron chi connectivity index (χ3n) is 6.26. The zero-order valence-corrected chi connectivity index (χ0v) is 25.8. The third-order valence-corrected chi connectivity index (χ3v) is 6.96. The molecule has 0 spiro atoms. The van der Waals surface area contributed by atoms with E-state index in [2.05, 4.69) is 20.7 Å². The summed E-state index contributed by atoms with van der Waals surface area (Å²) in [5.41, 5.74) is 3.36. The summed E-state index contributed by atoms with van der Waals surface area (Å²) in [6.45, 7) is 2.73. The van der Waals surface area contributed by atoms with Crippen LogP contribution in [0.5, 0.6) is 17.2 Å². The van der Waals surface area contributed by atoms with E-state index in [9.17, 15) is 14.4 Å². The molecule has 0 fully saturated rings. The summed E-state index contributed by atoms with van der Waals surface area (Å²) in [4.78, 5) is 36.9. The van der Waals surface area contributed by atoms with Crippen molar-refractivity contribution in [2.45, 2.75) is 32.6 Å². The number of aryl methyl sites for hydroxylation is 1. The smallest absolute Gasteiger partial charge is 0.323 e. The molecule has 0 aliphatic heterocycles. The molecule has 0 aliphatic carbocycles. The van der Waals surface area contributed by atoms with E-state index >= 15 is 0 Å². The number of rotatable bonds is 16. The number of amides is 3. The molecule has 3 amide bonds. The van der Waals surface area contributed by atoms with Crippen LogP contribution < -0.4 is 30.2 Å². The Bertz CT molecular complexity index is 1380. The second-order valence-electron chi connectivity index (χ2n) is 9.54. The van der Waals surface area contributed by atoms with Crippen LogP contribution in [-0.2, 0) is 20.7 Å². The van der Waals surface area contributed by atoms with Crippen LogP contribution in [-0.4, -0.2) is 57.3 Å². The molecule has 0 bridgehead atoms. The average Bonchev–Trinajstić information content (AvgIpc) is 3.00. The number of hydrogen-bond acceptors (Lipinski definition) is 8. The van der Waals surface area contributed by atoms with Crippen molar-refractivity contribution in [3.05, 3.63) is 71.8 Å². The van der Waals surface area contributed by atoms with Crippen molar-refractivity contribution >= 4 is 46.7 Å². The number of benzene rings is 3. The van der Waals surface area contributed by atoms with Gasteiger partial charge in [0, 0.05) is 23.9 Å². The van der Waals surface area contributed by atoms with E-state index < -0.39 is 6.03 Å². The van der Waals surface area contributed by atoms with Crippen LogP contribution in [0.3, 0.4) is 0 Å². The lowest BCUT2D eigenvalue weighted by molar-refractivity contribution is -0.140. The molecule has 3 rings (SSSR count). The van der Waals surface area contributed by atoms with Crippen molar-refractivity contribution in [1.29, 1.82) is 0 Å². The Morgan fingerprint density at radius 3 is 2.28 bits per heavy atom. The Kier molecular flexibility index (Phi) is 13.5. The van der Waals surface area contributed by atoms with Gasteiger partial charge in [-0.15, -0.1) is 0 Å². The summed E-state index contributed by atoms with van der Waals surface area (Å²) in [7, 11) is 2.85. The molecule has 0 atom stereocenters. The SMILES string of the molecule is COC(=O)CCCOc1cc(NC(=O)Cc2ccc(NC(=O)Nc3ccccc3C)c(OC)c2)ccc1OCCCSC. The lowest BCUT2D eigenvalue weighted by Crippen LogP contribution is -2.20. The maximum absolute atomic E-state index is 12.9. The highest BCUT2D eigenvalue weighted by Gasteiger charge is 2.14. The van der Waals surface area contributed by atoms with Crippen LogP contribution in [0.25, 0.3) is 0 Å². The number of thioether (sulfide) groups is 1. The fraction of sp³-hybridized carbons (Fsp3) is 0.344. The van der Waals surface area contributed by atoms with Gasteiger partial charge in [-0.2, -0.15) is 11.8 Å². The van der Waals surface area contributed by atoms with Gasteiger partial charge in [-0.25, -0.2) is 4.79 Å². The highest BCUT2D eigenvalue weighted by Crippen LogP contribution is 2.32. The number of hydrogen-bond donors (Lipinski definition) is 3. The average molecular weight is 610 g/mol. The van der Waals surface area contributed by atoms with E-state index in [1.165, 1.54) is 14.2 Å². The van der Waals surface area contributed by atoms with Crippen LogP contribution in [0, 0.1) is 6.92 Å². The zero-order valence-electron chi connectivity index (χ0n) is 25.0. The topological polar surface area (TPSA) is 124 Å². The summed E-state index contributed by atoms with van der Waals surface area (Å²) in [5.74, 6) is 1.90. The van der Waals surface area contributed by atoms with E-state index in [-0.39, 0.29) is 31.3 Å². The zero-order chi connectivity index (χ0) is 31.0. The van der Waals surface area contributed by atoms with Crippen LogP contribution >= 0.6 is 11.8 Å². The molecule has 230 valence electrons. The largest absolute Gasteiger partial charge is 0.495 e. The quantitative estimate of drug-likeness (QED) is 0.128. The molecule has 3 aromatic rings. The number of esters is 1. The molecule has 11 heteroatoms. The maximum Gasteiger partial charge on any atom is 0.323 e. The number of para-hydroxylation sites is 1. The minimum atomic E-state index is -0.405. The van der Waals surface area contributed by atoms with Gasteiger partial charge in [0.15, 0.2) is 11.5 Å². The van der Waals surface area contributed by atoms with Gasteiger partial charge in [-0.05, 0) is 73.2 Å². The molecule has 0 aromatic heterocycles. The number of methoxy groups -OCH3 is 2. The van der Waals surface area contributed by atoms with Gasteiger partial charge < -0.3 is 34.9 Å². The second kappa shape index (κ2) is 17.5. The predicted octanol–water partition coefficient (Wildman–Crippen LogP) is 6.29. The van der Waals surface area contributed by atoms with E-state index in [0.717, 1.165) is 17.7 Å². The van der Waals surface area contributed by atoms with E-state index in [4.69, 9.17) is 14.2 Å². The second-order valence-corrected chi connectivity index (χ2v) is 10.5. The molecule has 0 unspecified atom stereocenters. The fourth-order valence-corrected chi connectivity index (χ4v) is 4.44. The summed E-state index contributed by atoms with van der Waals surface area (Å²) in [6, 6.07) is 17.5. The lowest BCUT2D eigenvalue weighted by atomic mass is 10.1. The first-order chi connectivity index (χ1) is 20.8. The Morgan fingerprint density at radius 1 is 0.791 bits per heavy atom. The minimum Gasteiger partial charge on any atom is -0.495 e. The molecule has 0 aliphatic rings. The van der Waals surface area contributed by atoms with Crippen molar-refractivity contribution in [1.82, 2.24) is 0 Å². The highest BCUT2D eigenvalue weighted by molar-refractivity contribution is 7.98. The normalized spacial score (nSPS) is 10.4. The molecule has 0 saturated heterocycles. The van der Waals surface area contributed by atoms with Crippen molar-refractivity contribution in [2.24, 2.45) is 0 Å². The number of carbonyl (C=O) groups is 3. The van der Waals surface area contributed by atoms with Gasteiger partial charge in [0.05, 0.1) is 39.5 Å². The van der Waals surface area contributed by atoms with E-state index in [1.807, 2.05) is 37.4 Å². The summed E-state index contributed by atoms with van der Waals surface area (Å²) >= 11 is 1.75. The van der Waals surface area contributed by atoms with Crippen LogP contribution in [0.4, 0.5) is 21.9 Å². The van der Waals surface area contributed by atoms with Gasteiger partial charge >= 0.3 is 12.0 Å². The van der Waals surface area contributed by atoms with Crippen LogP contribution in [0.2, 0.25) is 0 Å². The number of nitrogens with one attached hydrogen (secondary N) is 3. The van der Waals surface area contributed by atoms with Gasteiger partial charge in [0.2, 0.25) is 5.91 Å². The molecule has 10 nitrogen and oxygen atoms in total. The molecule has 0 heterocycles.